The topological polar surface area (TPSA) is 59.4 Å². The summed E-state index contributed by atoms with van der Waals surface area (Å²) in [7, 11) is 0. The van der Waals surface area contributed by atoms with Gasteiger partial charge in [0, 0.05) is 17.1 Å². The molecule has 25 heavy (non-hydrogen) atoms. The Balaban J connectivity index is 1.82. The summed E-state index contributed by atoms with van der Waals surface area (Å²) < 4.78 is 6.04. The van der Waals surface area contributed by atoms with Gasteiger partial charge in [-0.25, -0.2) is 4.79 Å². The first-order valence-corrected chi connectivity index (χ1v) is 8.51. The lowest BCUT2D eigenvalue weighted by molar-refractivity contribution is 0.0697. The molecule has 2 aromatic carbocycles. The third-order valence-corrected chi connectivity index (χ3v) is 4.11. The number of carbonyl (C=O) groups is 1. The van der Waals surface area contributed by atoms with Crippen LogP contribution in [0.3, 0.4) is 0 Å². The smallest absolute Gasteiger partial charge is 0.335 e. The van der Waals surface area contributed by atoms with Crippen LogP contribution in [-0.4, -0.2) is 16.1 Å². The van der Waals surface area contributed by atoms with Crippen LogP contribution in [0, 0.1) is 0 Å². The van der Waals surface area contributed by atoms with Crippen molar-refractivity contribution in [2.45, 2.75) is 32.8 Å². The van der Waals surface area contributed by atoms with Crippen molar-refractivity contribution in [3.8, 4) is 5.75 Å². The third kappa shape index (κ3) is 4.15. The Morgan fingerprint density at radius 1 is 1.12 bits per heavy atom. The number of carboxylic acid groups (broad SMARTS) is 1. The van der Waals surface area contributed by atoms with E-state index in [9.17, 15) is 4.79 Å². The molecule has 3 rings (SSSR count). The molecule has 1 N–H and O–H groups in total. The molecule has 0 saturated heterocycles. The molecule has 0 fully saturated rings. The van der Waals surface area contributed by atoms with Crippen molar-refractivity contribution in [3.05, 3.63) is 71.4 Å². The minimum absolute atomic E-state index is 0.278. The van der Waals surface area contributed by atoms with Gasteiger partial charge in [0.05, 0.1) is 11.1 Å². The Hall–Kier alpha value is -2.88. The number of hydrogen-bond acceptors (Lipinski definition) is 3. The quantitative estimate of drug-likeness (QED) is 0.670. The lowest BCUT2D eigenvalue weighted by Gasteiger charge is -2.12. The van der Waals surface area contributed by atoms with Crippen molar-refractivity contribution in [1.29, 1.82) is 0 Å². The molecule has 0 spiro atoms. The van der Waals surface area contributed by atoms with Crippen molar-refractivity contribution < 1.29 is 14.6 Å². The number of rotatable bonds is 7. The molecule has 128 valence electrons. The maximum Gasteiger partial charge on any atom is 0.335 e. The lowest BCUT2D eigenvalue weighted by atomic mass is 10.1. The van der Waals surface area contributed by atoms with Gasteiger partial charge < -0.3 is 9.84 Å². The van der Waals surface area contributed by atoms with Gasteiger partial charge in [0.1, 0.15) is 12.4 Å². The van der Waals surface area contributed by atoms with Gasteiger partial charge in [-0.3, -0.25) is 4.98 Å². The number of aryl methyl sites for hydroxylation is 1. The first-order chi connectivity index (χ1) is 12.2. The highest BCUT2D eigenvalue weighted by atomic mass is 16.5. The summed E-state index contributed by atoms with van der Waals surface area (Å²) in [5.74, 6) is -0.104. The van der Waals surface area contributed by atoms with Crippen LogP contribution < -0.4 is 4.74 Å². The van der Waals surface area contributed by atoms with E-state index in [1.165, 1.54) is 0 Å². The number of unbranched alkanes of at least 4 members (excludes halogenated alkanes) is 1. The van der Waals surface area contributed by atoms with E-state index in [2.05, 4.69) is 6.92 Å². The van der Waals surface area contributed by atoms with Crippen molar-refractivity contribution >= 4 is 16.9 Å². The number of fused-ring (bicyclic) bond motifs is 1. The van der Waals surface area contributed by atoms with Gasteiger partial charge >= 0.3 is 5.97 Å². The van der Waals surface area contributed by atoms with Gasteiger partial charge in [0.25, 0.3) is 0 Å². The number of carboxylic acids is 1. The van der Waals surface area contributed by atoms with Gasteiger partial charge in [-0.2, -0.15) is 0 Å². The number of pyridine rings is 1. The standard InChI is InChI=1S/C21H21NO3/c1-2-3-6-17-13-20(18-7-4-5-8-19(18)22-17)25-14-15-9-11-16(12-10-15)21(23)24/h4-5,7-13H,2-3,6,14H2,1H3,(H,23,24). The van der Waals surface area contributed by atoms with Crippen LogP contribution in [0.5, 0.6) is 5.75 Å². The van der Waals surface area contributed by atoms with E-state index in [0.29, 0.717) is 6.61 Å². The predicted molar refractivity (Wildman–Crippen MR) is 98.1 cm³/mol. The minimum Gasteiger partial charge on any atom is -0.488 e. The highest BCUT2D eigenvalue weighted by Gasteiger charge is 2.08. The van der Waals surface area contributed by atoms with E-state index >= 15 is 0 Å². The number of aromatic carboxylic acids is 1. The van der Waals surface area contributed by atoms with Gasteiger partial charge in [-0.15, -0.1) is 0 Å². The third-order valence-electron chi connectivity index (χ3n) is 4.11. The summed E-state index contributed by atoms with van der Waals surface area (Å²) in [5.41, 5.74) is 3.19. The summed E-state index contributed by atoms with van der Waals surface area (Å²) in [6.07, 6.45) is 3.16. The van der Waals surface area contributed by atoms with E-state index < -0.39 is 5.97 Å². The maximum atomic E-state index is 10.9. The maximum absolute atomic E-state index is 10.9. The summed E-state index contributed by atoms with van der Waals surface area (Å²) in [5, 5.41) is 9.96. The van der Waals surface area contributed by atoms with E-state index in [-0.39, 0.29) is 5.56 Å². The molecule has 0 radical (unpaired) electrons. The molecule has 0 aliphatic rings. The number of aromatic nitrogens is 1. The second-order valence-electron chi connectivity index (χ2n) is 6.02. The summed E-state index contributed by atoms with van der Waals surface area (Å²) in [6, 6.07) is 16.7. The number of nitrogens with zero attached hydrogens (tertiary/aromatic N) is 1. The van der Waals surface area contributed by atoms with Crippen molar-refractivity contribution in [2.24, 2.45) is 0 Å². The zero-order valence-corrected chi connectivity index (χ0v) is 14.2. The largest absolute Gasteiger partial charge is 0.488 e. The summed E-state index contributed by atoms with van der Waals surface area (Å²) in [4.78, 5) is 15.6. The summed E-state index contributed by atoms with van der Waals surface area (Å²) >= 11 is 0. The van der Waals surface area contributed by atoms with E-state index in [1.807, 2.05) is 30.3 Å². The molecule has 3 aromatic rings. The Labute approximate surface area is 147 Å². The Bertz CT molecular complexity index is 872. The monoisotopic (exact) mass is 335 g/mol. The molecule has 0 unspecified atom stereocenters. The van der Waals surface area contributed by atoms with Crippen molar-refractivity contribution in [3.63, 3.8) is 0 Å². The number of ether oxygens (including phenoxy) is 1. The SMILES string of the molecule is CCCCc1cc(OCc2ccc(C(=O)O)cc2)c2ccccc2n1. The van der Waals surface area contributed by atoms with Crippen molar-refractivity contribution in [2.75, 3.05) is 0 Å². The van der Waals surface area contributed by atoms with Crippen LogP contribution in [0.25, 0.3) is 10.9 Å². The second kappa shape index (κ2) is 7.79. The fourth-order valence-electron chi connectivity index (χ4n) is 2.71. The van der Waals surface area contributed by atoms with Gasteiger partial charge in [0.15, 0.2) is 0 Å². The van der Waals surface area contributed by atoms with Crippen molar-refractivity contribution in [1.82, 2.24) is 4.98 Å². The van der Waals surface area contributed by atoms with Crippen LogP contribution in [0.15, 0.2) is 54.6 Å². The average Bonchev–Trinajstić information content (AvgIpc) is 2.64. The van der Waals surface area contributed by atoms with Crippen LogP contribution in [0.4, 0.5) is 0 Å². The van der Waals surface area contributed by atoms with E-state index in [4.69, 9.17) is 14.8 Å². The lowest BCUT2D eigenvalue weighted by Crippen LogP contribution is -2.00. The molecule has 1 aromatic heterocycles. The molecular formula is C21H21NO3. The number of benzene rings is 2. The molecular weight excluding hydrogens is 314 g/mol. The Morgan fingerprint density at radius 3 is 2.60 bits per heavy atom. The number of hydrogen-bond donors (Lipinski definition) is 1. The predicted octanol–water partition coefficient (Wildman–Crippen LogP) is 4.85. The second-order valence-corrected chi connectivity index (χ2v) is 6.02. The van der Waals surface area contributed by atoms with E-state index in [1.54, 1.807) is 24.3 Å². The normalized spacial score (nSPS) is 10.8. The van der Waals surface area contributed by atoms with Crippen LogP contribution in [0.1, 0.15) is 41.4 Å². The molecule has 0 amide bonds. The van der Waals surface area contributed by atoms with Gasteiger partial charge in [0.2, 0.25) is 0 Å². The zero-order chi connectivity index (χ0) is 17.6. The molecule has 0 aliphatic carbocycles. The number of para-hydroxylation sites is 1. The van der Waals surface area contributed by atoms with Gasteiger partial charge in [-0.1, -0.05) is 37.6 Å². The molecule has 4 nitrogen and oxygen atoms in total. The highest BCUT2D eigenvalue weighted by Crippen LogP contribution is 2.27. The van der Waals surface area contributed by atoms with Crippen LogP contribution >= 0.6 is 0 Å². The summed E-state index contributed by atoms with van der Waals surface area (Å²) in [6.45, 7) is 2.56. The molecule has 0 bridgehead atoms. The molecule has 0 saturated carbocycles. The fourth-order valence-corrected chi connectivity index (χ4v) is 2.71. The minimum atomic E-state index is -0.923. The first-order valence-electron chi connectivity index (χ1n) is 8.51. The molecule has 0 atom stereocenters. The highest BCUT2D eigenvalue weighted by molar-refractivity contribution is 5.87. The Morgan fingerprint density at radius 2 is 1.88 bits per heavy atom. The van der Waals surface area contributed by atoms with Crippen LogP contribution in [-0.2, 0) is 13.0 Å². The van der Waals surface area contributed by atoms with E-state index in [0.717, 1.165) is 47.2 Å². The van der Waals surface area contributed by atoms with Crippen LogP contribution in [0.2, 0.25) is 0 Å². The fraction of sp³-hybridized carbons (Fsp3) is 0.238. The molecule has 1 heterocycles. The van der Waals surface area contributed by atoms with Gasteiger partial charge in [-0.05, 0) is 42.7 Å². The molecule has 4 heteroatoms. The Kier molecular flexibility index (Phi) is 5.29. The molecule has 0 aliphatic heterocycles. The average molecular weight is 335 g/mol. The zero-order valence-electron chi connectivity index (χ0n) is 14.2. The first kappa shape index (κ1) is 17.0.